The molecule has 0 fully saturated rings. The van der Waals surface area contributed by atoms with Gasteiger partial charge in [0.2, 0.25) is 6.41 Å². The van der Waals surface area contributed by atoms with Gasteiger partial charge in [0.25, 0.3) is 0 Å². The van der Waals surface area contributed by atoms with Gasteiger partial charge in [0.05, 0.1) is 12.8 Å². The number of carbonyl (C=O) groups is 1. The molecular weight excluding hydrogens is 410 g/mol. The number of ether oxygens (including phenoxy) is 2. The first kappa shape index (κ1) is 24.7. The van der Waals surface area contributed by atoms with Crippen LogP contribution in [0.1, 0.15) is 16.7 Å². The van der Waals surface area contributed by atoms with Crippen LogP contribution in [0.15, 0.2) is 41.9 Å². The van der Waals surface area contributed by atoms with E-state index in [4.69, 9.17) is 14.3 Å². The van der Waals surface area contributed by atoms with Gasteiger partial charge in [0.15, 0.2) is 0 Å². The van der Waals surface area contributed by atoms with Crippen molar-refractivity contribution in [3.05, 3.63) is 59.4 Å². The van der Waals surface area contributed by atoms with Crippen LogP contribution in [0.5, 0.6) is 11.5 Å². The molecule has 0 heterocycles. The van der Waals surface area contributed by atoms with Crippen molar-refractivity contribution in [3.8, 4) is 11.5 Å². The highest BCUT2D eigenvalue weighted by atomic mass is 32.2. The van der Waals surface area contributed by atoms with Gasteiger partial charge >= 0.3 is 0 Å². The lowest BCUT2D eigenvalue weighted by molar-refractivity contribution is -0.106. The van der Waals surface area contributed by atoms with E-state index in [2.05, 4.69) is 26.5 Å². The summed E-state index contributed by atoms with van der Waals surface area (Å²) in [7, 11) is 4.15. The summed E-state index contributed by atoms with van der Waals surface area (Å²) in [4.78, 5) is 13.2. The van der Waals surface area contributed by atoms with E-state index in [1.165, 1.54) is 17.8 Å². The molecule has 0 radical (unpaired) electrons. The molecule has 29 heavy (non-hydrogen) atoms. The highest BCUT2D eigenvalue weighted by molar-refractivity contribution is 8.13. The number of nitrogens with two attached hydrogens (primary N) is 1. The smallest absolute Gasteiger partial charge is 0.204 e. The number of rotatable bonds is 6. The molecule has 0 aliphatic rings. The van der Waals surface area contributed by atoms with Gasteiger partial charge in [-0.05, 0) is 55.5 Å². The summed E-state index contributed by atoms with van der Waals surface area (Å²) < 4.78 is 24.8. The molecule has 5 nitrogen and oxygen atoms in total. The number of primary amides is 1. The standard InChI is InChI=1S/C20H23FNO2PS.CH3NO/c1-12-6-7-15(18(10-12)23-4)14(3)22-19(26-5)11-24-17-9-8-16(21)13(2)20(17)25;2-1-3/h6-10H,3,11,25H2,1-2,4-5H3;1H,(H2,2,3). The maximum atomic E-state index is 13.6. The van der Waals surface area contributed by atoms with Crippen molar-refractivity contribution in [1.82, 2.24) is 0 Å². The molecule has 0 bridgehead atoms. The number of halogens is 1. The molecule has 1 atom stereocenters. The van der Waals surface area contributed by atoms with Crippen molar-refractivity contribution in [2.75, 3.05) is 20.0 Å². The van der Waals surface area contributed by atoms with E-state index in [1.807, 2.05) is 31.4 Å². The molecule has 0 saturated carbocycles. The first-order chi connectivity index (χ1) is 13.8. The first-order valence-corrected chi connectivity index (χ1v) is 10.4. The van der Waals surface area contributed by atoms with Crippen molar-refractivity contribution in [2.24, 2.45) is 10.7 Å². The summed E-state index contributed by atoms with van der Waals surface area (Å²) in [6.45, 7) is 8.06. The SMILES string of the molecule is C=C(N=C(COc1ccc(F)c(C)c1P)SC)c1ccc(C)cc1OC.NC=O. The number of carbonyl (C=O) groups excluding carboxylic acids is 1. The predicted molar refractivity (Wildman–Crippen MR) is 124 cm³/mol. The zero-order chi connectivity index (χ0) is 22.0. The second-order valence-corrected chi connectivity index (χ2v) is 7.33. The van der Waals surface area contributed by atoms with Crippen LogP contribution in [0.4, 0.5) is 4.39 Å². The molecule has 8 heteroatoms. The van der Waals surface area contributed by atoms with E-state index in [0.717, 1.165) is 21.9 Å². The fraction of sp³-hybridized carbons (Fsp3) is 0.238. The number of aliphatic imine (C=N–C) groups is 1. The van der Waals surface area contributed by atoms with Crippen LogP contribution in [0.25, 0.3) is 5.70 Å². The van der Waals surface area contributed by atoms with Crippen LogP contribution in [-0.4, -0.2) is 31.4 Å². The Morgan fingerprint density at radius 3 is 2.55 bits per heavy atom. The summed E-state index contributed by atoms with van der Waals surface area (Å²) in [6, 6.07) is 8.93. The summed E-state index contributed by atoms with van der Waals surface area (Å²) >= 11 is 1.48. The number of aryl methyl sites for hydroxylation is 1. The Balaban J connectivity index is 0.00000132. The number of hydrogen-bond donors (Lipinski definition) is 1. The van der Waals surface area contributed by atoms with E-state index in [0.29, 0.717) is 22.3 Å². The third-order valence-corrected chi connectivity index (χ3v) is 5.32. The van der Waals surface area contributed by atoms with Crippen molar-refractivity contribution in [1.29, 1.82) is 0 Å². The Kier molecular flexibility index (Phi) is 10.4. The zero-order valence-electron chi connectivity index (χ0n) is 17.0. The van der Waals surface area contributed by atoms with Gasteiger partial charge in [0, 0.05) is 10.9 Å². The minimum Gasteiger partial charge on any atom is -0.496 e. The Morgan fingerprint density at radius 1 is 1.31 bits per heavy atom. The van der Waals surface area contributed by atoms with E-state index in [-0.39, 0.29) is 18.8 Å². The lowest BCUT2D eigenvalue weighted by Gasteiger charge is -2.13. The van der Waals surface area contributed by atoms with E-state index >= 15 is 0 Å². The second-order valence-electron chi connectivity index (χ2n) is 5.87. The number of benzene rings is 2. The predicted octanol–water partition coefficient (Wildman–Crippen LogP) is 3.86. The van der Waals surface area contributed by atoms with E-state index < -0.39 is 0 Å². The number of thioether (sulfide) groups is 1. The summed E-state index contributed by atoms with van der Waals surface area (Å²) in [5, 5.41) is 1.48. The van der Waals surface area contributed by atoms with Gasteiger partial charge in [-0.2, -0.15) is 0 Å². The zero-order valence-corrected chi connectivity index (χ0v) is 19.0. The van der Waals surface area contributed by atoms with Crippen LogP contribution < -0.4 is 20.5 Å². The summed E-state index contributed by atoms with van der Waals surface area (Å²) in [6.07, 6.45) is 2.18. The van der Waals surface area contributed by atoms with Gasteiger partial charge in [-0.1, -0.05) is 12.6 Å². The monoisotopic (exact) mass is 436 g/mol. The lowest BCUT2D eigenvalue weighted by Crippen LogP contribution is -2.13. The van der Waals surface area contributed by atoms with Gasteiger partial charge in [-0.15, -0.1) is 21.0 Å². The molecule has 1 amide bonds. The molecule has 0 spiro atoms. The lowest BCUT2D eigenvalue weighted by atomic mass is 10.1. The number of amides is 1. The van der Waals surface area contributed by atoms with Crippen LogP contribution in [0.3, 0.4) is 0 Å². The third-order valence-electron chi connectivity index (χ3n) is 3.92. The van der Waals surface area contributed by atoms with Gasteiger partial charge in [0.1, 0.15) is 29.0 Å². The van der Waals surface area contributed by atoms with Crippen molar-refractivity contribution in [3.63, 3.8) is 0 Å². The Morgan fingerprint density at radius 2 is 1.97 bits per heavy atom. The summed E-state index contributed by atoms with van der Waals surface area (Å²) in [5.74, 6) is 1.11. The highest BCUT2D eigenvalue weighted by Crippen LogP contribution is 2.27. The molecule has 0 aliphatic carbocycles. The van der Waals surface area contributed by atoms with Crippen molar-refractivity contribution in [2.45, 2.75) is 13.8 Å². The molecule has 2 rings (SSSR count). The normalized spacial score (nSPS) is 10.6. The minimum absolute atomic E-state index is 0.249. The Hall–Kier alpha value is -2.37. The molecule has 2 aromatic carbocycles. The molecule has 0 aromatic heterocycles. The van der Waals surface area contributed by atoms with Crippen LogP contribution in [0.2, 0.25) is 0 Å². The van der Waals surface area contributed by atoms with Crippen LogP contribution in [-0.2, 0) is 4.79 Å². The average molecular weight is 436 g/mol. The van der Waals surface area contributed by atoms with Gasteiger partial charge < -0.3 is 15.2 Å². The molecule has 2 aromatic rings. The van der Waals surface area contributed by atoms with Crippen molar-refractivity contribution < 1.29 is 18.7 Å². The molecular formula is C21H26FN2O3PS. The topological polar surface area (TPSA) is 73.9 Å². The first-order valence-electron chi connectivity index (χ1n) is 8.57. The van der Waals surface area contributed by atoms with E-state index in [1.54, 1.807) is 20.1 Å². The van der Waals surface area contributed by atoms with Crippen molar-refractivity contribution >= 4 is 43.5 Å². The molecule has 1 unspecified atom stereocenters. The third kappa shape index (κ3) is 7.18. The van der Waals surface area contributed by atoms with Crippen LogP contribution in [0, 0.1) is 19.7 Å². The van der Waals surface area contributed by atoms with Crippen LogP contribution >= 0.6 is 21.0 Å². The quantitative estimate of drug-likeness (QED) is 0.323. The Bertz CT molecular complexity index is 904. The van der Waals surface area contributed by atoms with Gasteiger partial charge in [-0.3, -0.25) is 4.79 Å². The molecule has 0 saturated heterocycles. The number of methoxy groups -OCH3 is 1. The molecule has 0 aliphatic heterocycles. The van der Waals surface area contributed by atoms with E-state index in [9.17, 15) is 4.39 Å². The fourth-order valence-corrected chi connectivity index (χ4v) is 3.02. The average Bonchev–Trinajstić information content (AvgIpc) is 2.70. The fourth-order valence-electron chi connectivity index (χ4n) is 2.33. The molecule has 2 N–H and O–H groups in total. The number of nitrogens with zero attached hydrogens (tertiary/aromatic N) is 1. The maximum absolute atomic E-state index is 13.6. The summed E-state index contributed by atoms with van der Waals surface area (Å²) in [5.41, 5.74) is 7.28. The Labute approximate surface area is 177 Å². The van der Waals surface area contributed by atoms with Gasteiger partial charge in [-0.25, -0.2) is 9.38 Å². The largest absolute Gasteiger partial charge is 0.496 e. The minimum atomic E-state index is -0.249. The highest BCUT2D eigenvalue weighted by Gasteiger charge is 2.11. The number of hydrogen-bond acceptors (Lipinski definition) is 5. The maximum Gasteiger partial charge on any atom is 0.204 e. The second kappa shape index (κ2) is 12.2. The molecule has 156 valence electrons.